The third-order valence-corrected chi connectivity index (χ3v) is 2.57. The molecule has 0 aromatic heterocycles. The van der Waals surface area contributed by atoms with Gasteiger partial charge in [0.2, 0.25) is 0 Å². The number of amides is 1. The highest BCUT2D eigenvalue weighted by atomic mass is 79.9. The first kappa shape index (κ1) is 13.0. The van der Waals surface area contributed by atoms with Gasteiger partial charge >= 0.3 is 0 Å². The smallest absolute Gasteiger partial charge is 0.267 e. The molecule has 1 rings (SSSR count). The van der Waals surface area contributed by atoms with Crippen molar-refractivity contribution in [3.8, 4) is 0 Å². The summed E-state index contributed by atoms with van der Waals surface area (Å²) in [5.74, 6) is 4.86. The molecule has 1 amide bonds. The number of carbonyl (C=O) groups is 1. The van der Waals surface area contributed by atoms with E-state index in [1.807, 2.05) is 26.8 Å². The number of hydrazine groups is 1. The summed E-state index contributed by atoms with van der Waals surface area (Å²) in [6, 6.07) is 3.96. The zero-order chi connectivity index (χ0) is 12.3. The molecule has 0 aliphatic heterocycles. The summed E-state index contributed by atoms with van der Waals surface area (Å²) in [6.45, 7) is 5.99. The van der Waals surface area contributed by atoms with Gasteiger partial charge in [0, 0.05) is 10.5 Å². The van der Waals surface area contributed by atoms with Gasteiger partial charge in [0.05, 0.1) is 11.3 Å². The van der Waals surface area contributed by atoms with E-state index in [0.29, 0.717) is 5.56 Å². The van der Waals surface area contributed by atoms with Gasteiger partial charge < -0.3 is 5.32 Å². The third kappa shape index (κ3) is 2.96. The molecule has 0 bridgehead atoms. The molecule has 0 fully saturated rings. The van der Waals surface area contributed by atoms with Gasteiger partial charge in [-0.1, -0.05) is 15.9 Å². The molecule has 88 valence electrons. The second-order valence-electron chi connectivity index (χ2n) is 3.92. The van der Waals surface area contributed by atoms with E-state index in [0.717, 1.165) is 15.7 Å². The average Bonchev–Trinajstić information content (AvgIpc) is 2.20. The normalized spacial score (nSPS) is 10.4. The molecular weight excluding hydrogens is 270 g/mol. The van der Waals surface area contributed by atoms with E-state index < -0.39 is 0 Å². The van der Waals surface area contributed by atoms with Crippen molar-refractivity contribution in [2.24, 2.45) is 5.84 Å². The Labute approximate surface area is 104 Å². The number of carbonyl (C=O) groups excluding carboxylic acids is 1. The fourth-order valence-corrected chi connectivity index (χ4v) is 2.05. The highest BCUT2D eigenvalue weighted by Crippen LogP contribution is 2.26. The number of nitrogens with two attached hydrogens (primary N) is 1. The van der Waals surface area contributed by atoms with Crippen molar-refractivity contribution in [1.29, 1.82) is 0 Å². The van der Waals surface area contributed by atoms with E-state index in [2.05, 4.69) is 26.7 Å². The Bertz CT molecular complexity index is 404. The Morgan fingerprint density at radius 3 is 2.56 bits per heavy atom. The Kier molecular flexibility index (Phi) is 4.32. The quantitative estimate of drug-likeness (QED) is 0.453. The zero-order valence-corrected chi connectivity index (χ0v) is 11.2. The van der Waals surface area contributed by atoms with Gasteiger partial charge in [-0.05, 0) is 38.5 Å². The van der Waals surface area contributed by atoms with Crippen molar-refractivity contribution in [1.82, 2.24) is 5.43 Å². The first-order valence-corrected chi connectivity index (χ1v) is 5.82. The van der Waals surface area contributed by atoms with Crippen LogP contribution in [0.3, 0.4) is 0 Å². The van der Waals surface area contributed by atoms with E-state index in [-0.39, 0.29) is 11.9 Å². The number of benzene rings is 1. The largest absolute Gasteiger partial charge is 0.382 e. The summed E-state index contributed by atoms with van der Waals surface area (Å²) in [4.78, 5) is 11.6. The molecule has 0 aliphatic carbocycles. The SMILES string of the molecule is Cc1cc(Br)cc(C(=O)NN)c1NC(C)C. The average molecular weight is 286 g/mol. The van der Waals surface area contributed by atoms with Crippen molar-refractivity contribution in [3.63, 3.8) is 0 Å². The lowest BCUT2D eigenvalue weighted by Gasteiger charge is -2.17. The molecule has 0 saturated heterocycles. The molecule has 1 aromatic carbocycles. The van der Waals surface area contributed by atoms with Gasteiger partial charge in [0.1, 0.15) is 0 Å². The second kappa shape index (κ2) is 5.32. The molecule has 1 aromatic rings. The van der Waals surface area contributed by atoms with Gasteiger partial charge in [0.25, 0.3) is 5.91 Å². The second-order valence-corrected chi connectivity index (χ2v) is 4.83. The predicted molar refractivity (Wildman–Crippen MR) is 69.3 cm³/mol. The highest BCUT2D eigenvalue weighted by molar-refractivity contribution is 9.10. The van der Waals surface area contributed by atoms with Gasteiger partial charge in [-0.2, -0.15) is 0 Å². The summed E-state index contributed by atoms with van der Waals surface area (Å²) in [5, 5.41) is 3.25. The molecule has 0 saturated carbocycles. The van der Waals surface area contributed by atoms with E-state index in [1.54, 1.807) is 6.07 Å². The van der Waals surface area contributed by atoms with Crippen LogP contribution in [0, 0.1) is 6.92 Å². The number of halogens is 1. The van der Waals surface area contributed by atoms with Crippen LogP contribution in [0.25, 0.3) is 0 Å². The number of aryl methyl sites for hydroxylation is 1. The predicted octanol–water partition coefficient (Wildman–Crippen LogP) is 2.18. The van der Waals surface area contributed by atoms with E-state index in [1.165, 1.54) is 0 Å². The van der Waals surface area contributed by atoms with E-state index >= 15 is 0 Å². The summed E-state index contributed by atoms with van der Waals surface area (Å²) in [5.41, 5.74) is 4.52. The van der Waals surface area contributed by atoms with Crippen LogP contribution in [0.4, 0.5) is 5.69 Å². The van der Waals surface area contributed by atoms with Gasteiger partial charge in [-0.15, -0.1) is 0 Å². The van der Waals surface area contributed by atoms with Crippen LogP contribution in [-0.4, -0.2) is 11.9 Å². The van der Waals surface area contributed by atoms with Crippen LogP contribution in [-0.2, 0) is 0 Å². The van der Waals surface area contributed by atoms with Crippen LogP contribution in [0.15, 0.2) is 16.6 Å². The Balaban J connectivity index is 3.26. The third-order valence-electron chi connectivity index (χ3n) is 2.11. The fourth-order valence-electron chi connectivity index (χ4n) is 1.48. The van der Waals surface area contributed by atoms with Crippen molar-refractivity contribution < 1.29 is 4.79 Å². The van der Waals surface area contributed by atoms with E-state index in [9.17, 15) is 4.79 Å². The summed E-state index contributed by atoms with van der Waals surface area (Å²) >= 11 is 3.36. The number of rotatable bonds is 3. The van der Waals surface area contributed by atoms with Crippen LogP contribution in [0.5, 0.6) is 0 Å². The maximum absolute atomic E-state index is 11.6. The molecule has 0 spiro atoms. The molecule has 0 aliphatic rings. The zero-order valence-electron chi connectivity index (χ0n) is 9.60. The summed E-state index contributed by atoms with van der Waals surface area (Å²) in [7, 11) is 0. The molecule has 16 heavy (non-hydrogen) atoms. The van der Waals surface area contributed by atoms with Gasteiger partial charge in [-0.25, -0.2) is 5.84 Å². The summed E-state index contributed by atoms with van der Waals surface area (Å²) < 4.78 is 0.859. The molecule has 4 N–H and O–H groups in total. The Morgan fingerprint density at radius 1 is 1.44 bits per heavy atom. The summed E-state index contributed by atoms with van der Waals surface area (Å²) in [6.07, 6.45) is 0. The lowest BCUT2D eigenvalue weighted by molar-refractivity contribution is 0.0954. The minimum Gasteiger partial charge on any atom is -0.382 e. The molecule has 0 heterocycles. The lowest BCUT2D eigenvalue weighted by Crippen LogP contribution is -2.31. The topological polar surface area (TPSA) is 67.2 Å². The molecule has 0 atom stereocenters. The monoisotopic (exact) mass is 285 g/mol. The van der Waals surface area contributed by atoms with Crippen LogP contribution in [0.1, 0.15) is 29.8 Å². The maximum atomic E-state index is 11.6. The van der Waals surface area contributed by atoms with Crippen molar-refractivity contribution in [2.75, 3.05) is 5.32 Å². The molecule has 0 radical (unpaired) electrons. The minimum atomic E-state index is -0.299. The van der Waals surface area contributed by atoms with E-state index in [4.69, 9.17) is 5.84 Å². The highest BCUT2D eigenvalue weighted by Gasteiger charge is 2.14. The molecule has 4 nitrogen and oxygen atoms in total. The lowest BCUT2D eigenvalue weighted by atomic mass is 10.1. The first-order valence-electron chi connectivity index (χ1n) is 5.03. The molecular formula is C11H16BrN3O. The fraction of sp³-hybridized carbons (Fsp3) is 0.364. The molecule has 0 unspecified atom stereocenters. The van der Waals surface area contributed by atoms with Crippen LogP contribution in [0.2, 0.25) is 0 Å². The Morgan fingerprint density at radius 2 is 2.06 bits per heavy atom. The first-order chi connectivity index (χ1) is 7.45. The van der Waals surface area contributed by atoms with Crippen LogP contribution < -0.4 is 16.6 Å². The number of hydrogen-bond acceptors (Lipinski definition) is 3. The number of nitrogens with one attached hydrogen (secondary N) is 2. The minimum absolute atomic E-state index is 0.254. The van der Waals surface area contributed by atoms with Crippen molar-refractivity contribution in [2.45, 2.75) is 26.8 Å². The maximum Gasteiger partial charge on any atom is 0.267 e. The van der Waals surface area contributed by atoms with Gasteiger partial charge in [0.15, 0.2) is 0 Å². The van der Waals surface area contributed by atoms with Crippen molar-refractivity contribution in [3.05, 3.63) is 27.7 Å². The van der Waals surface area contributed by atoms with Crippen LogP contribution >= 0.6 is 15.9 Å². The van der Waals surface area contributed by atoms with Crippen molar-refractivity contribution >= 4 is 27.5 Å². The van der Waals surface area contributed by atoms with Gasteiger partial charge in [-0.3, -0.25) is 10.2 Å². The Hall–Kier alpha value is -1.07. The number of anilines is 1. The number of nitrogen functional groups attached to an aromatic ring is 1. The number of hydrogen-bond donors (Lipinski definition) is 3. The molecule has 5 heteroatoms. The standard InChI is InChI=1S/C11H16BrN3O/c1-6(2)14-10-7(3)4-8(12)5-9(10)11(16)15-13/h4-6,14H,13H2,1-3H3,(H,15,16).